The van der Waals surface area contributed by atoms with Crippen molar-refractivity contribution in [2.75, 3.05) is 42.0 Å². The maximum atomic E-state index is 12.5. The summed E-state index contributed by atoms with van der Waals surface area (Å²) >= 11 is 3.85. The van der Waals surface area contributed by atoms with E-state index in [9.17, 15) is 9.59 Å². The molecule has 2 fully saturated rings. The highest BCUT2D eigenvalue weighted by molar-refractivity contribution is 8.19. The molecule has 0 radical (unpaired) electrons. The van der Waals surface area contributed by atoms with Crippen LogP contribution in [0.1, 0.15) is 23.0 Å². The lowest BCUT2D eigenvalue weighted by atomic mass is 10.2. The summed E-state index contributed by atoms with van der Waals surface area (Å²) in [5.74, 6) is 3.25. The molecule has 8 heteroatoms. The van der Waals surface area contributed by atoms with E-state index in [1.165, 1.54) is 5.56 Å². The summed E-state index contributed by atoms with van der Waals surface area (Å²) in [7, 11) is 1.60. The molecule has 0 spiro atoms. The summed E-state index contributed by atoms with van der Waals surface area (Å²) in [6, 6.07) is 13.2. The number of nitrogens with one attached hydrogen (secondary N) is 1. The quantitative estimate of drug-likeness (QED) is 0.686. The fourth-order valence-corrected chi connectivity index (χ4v) is 6.39. The molecule has 2 aromatic carbocycles. The van der Waals surface area contributed by atoms with Crippen molar-refractivity contribution < 1.29 is 19.1 Å². The SMILES string of the molecule is COc1cc(C2SCCS2)ccc1OCC(=O)Nc1ccccc1N1CCCC1=O. The number of ether oxygens (including phenoxy) is 2. The lowest BCUT2D eigenvalue weighted by Gasteiger charge is -2.20. The predicted molar refractivity (Wildman–Crippen MR) is 123 cm³/mol. The predicted octanol–water partition coefficient (Wildman–Crippen LogP) is 4.32. The molecule has 30 heavy (non-hydrogen) atoms. The van der Waals surface area contributed by atoms with Crippen LogP contribution in [0.25, 0.3) is 0 Å². The van der Waals surface area contributed by atoms with Gasteiger partial charge < -0.3 is 19.7 Å². The van der Waals surface area contributed by atoms with Gasteiger partial charge in [-0.1, -0.05) is 18.2 Å². The van der Waals surface area contributed by atoms with Crippen LogP contribution in [0, 0.1) is 0 Å². The Morgan fingerprint density at radius 1 is 1.17 bits per heavy atom. The Kier molecular flexibility index (Phi) is 6.74. The number of nitrogens with zero attached hydrogens (tertiary/aromatic N) is 1. The van der Waals surface area contributed by atoms with Gasteiger partial charge in [0.05, 0.1) is 23.1 Å². The molecule has 158 valence electrons. The third-order valence-corrected chi connectivity index (χ3v) is 8.09. The van der Waals surface area contributed by atoms with E-state index < -0.39 is 0 Å². The van der Waals surface area contributed by atoms with Gasteiger partial charge in [-0.3, -0.25) is 9.59 Å². The summed E-state index contributed by atoms with van der Waals surface area (Å²) in [5.41, 5.74) is 2.53. The van der Waals surface area contributed by atoms with Gasteiger partial charge in [-0.2, -0.15) is 0 Å². The molecule has 0 aliphatic carbocycles. The van der Waals surface area contributed by atoms with Crippen LogP contribution >= 0.6 is 23.5 Å². The Labute approximate surface area is 184 Å². The number of hydrogen-bond acceptors (Lipinski definition) is 6. The Morgan fingerprint density at radius 3 is 2.70 bits per heavy atom. The van der Waals surface area contributed by atoms with Crippen LogP contribution in [-0.4, -0.2) is 43.6 Å². The molecule has 0 bridgehead atoms. The highest BCUT2D eigenvalue weighted by Crippen LogP contribution is 2.46. The minimum absolute atomic E-state index is 0.0800. The standard InChI is InChI=1S/C22H24N2O4S2/c1-27-19-13-15(22-29-11-12-30-22)8-9-18(19)28-14-20(25)23-16-5-2-3-6-17(16)24-10-4-7-21(24)26/h2-3,5-6,8-9,13,22H,4,7,10-12,14H2,1H3,(H,23,25). The number of anilines is 2. The van der Waals surface area contributed by atoms with Crippen molar-refractivity contribution in [3.8, 4) is 11.5 Å². The molecule has 2 aliphatic rings. The second-order valence-electron chi connectivity index (χ2n) is 6.99. The van der Waals surface area contributed by atoms with Gasteiger partial charge in [-0.25, -0.2) is 0 Å². The summed E-state index contributed by atoms with van der Waals surface area (Å²) in [4.78, 5) is 26.3. The lowest BCUT2D eigenvalue weighted by Crippen LogP contribution is -2.27. The highest BCUT2D eigenvalue weighted by Gasteiger charge is 2.24. The van der Waals surface area contributed by atoms with Gasteiger partial charge in [-0.05, 0) is 36.2 Å². The number of benzene rings is 2. The first-order valence-electron chi connectivity index (χ1n) is 9.89. The highest BCUT2D eigenvalue weighted by atomic mass is 32.2. The van der Waals surface area contributed by atoms with Gasteiger partial charge in [0.25, 0.3) is 5.91 Å². The van der Waals surface area contributed by atoms with Crippen LogP contribution in [0.4, 0.5) is 11.4 Å². The van der Waals surface area contributed by atoms with Crippen LogP contribution in [0.15, 0.2) is 42.5 Å². The third kappa shape index (κ3) is 4.70. The van der Waals surface area contributed by atoms with Crippen molar-refractivity contribution in [3.05, 3.63) is 48.0 Å². The number of carbonyl (C=O) groups is 2. The van der Waals surface area contributed by atoms with Gasteiger partial charge in [-0.15, -0.1) is 23.5 Å². The van der Waals surface area contributed by atoms with Gasteiger partial charge in [0.1, 0.15) is 0 Å². The van der Waals surface area contributed by atoms with E-state index in [0.717, 1.165) is 23.6 Å². The molecule has 2 saturated heterocycles. The van der Waals surface area contributed by atoms with Crippen LogP contribution < -0.4 is 19.7 Å². The Bertz CT molecular complexity index is 931. The zero-order valence-electron chi connectivity index (χ0n) is 16.8. The van der Waals surface area contributed by atoms with Crippen LogP contribution in [0.3, 0.4) is 0 Å². The molecule has 2 aliphatic heterocycles. The average Bonchev–Trinajstić information content (AvgIpc) is 3.44. The molecule has 2 amide bonds. The van der Waals surface area contributed by atoms with Crippen LogP contribution in [-0.2, 0) is 9.59 Å². The molecule has 2 heterocycles. The molecular weight excluding hydrogens is 420 g/mol. The van der Waals surface area contributed by atoms with Crippen molar-refractivity contribution in [2.24, 2.45) is 0 Å². The van der Waals surface area contributed by atoms with Crippen LogP contribution in [0.5, 0.6) is 11.5 Å². The summed E-state index contributed by atoms with van der Waals surface area (Å²) in [5, 5.41) is 2.87. The van der Waals surface area contributed by atoms with Crippen molar-refractivity contribution in [3.63, 3.8) is 0 Å². The molecule has 0 unspecified atom stereocenters. The van der Waals surface area contributed by atoms with Crippen molar-refractivity contribution >= 4 is 46.7 Å². The molecule has 2 aromatic rings. The minimum atomic E-state index is -0.290. The molecule has 0 aromatic heterocycles. The van der Waals surface area contributed by atoms with E-state index in [0.29, 0.717) is 34.7 Å². The van der Waals surface area contributed by atoms with E-state index in [4.69, 9.17) is 9.47 Å². The molecule has 1 N–H and O–H groups in total. The smallest absolute Gasteiger partial charge is 0.262 e. The van der Waals surface area contributed by atoms with E-state index in [2.05, 4.69) is 5.32 Å². The monoisotopic (exact) mass is 444 g/mol. The Hall–Kier alpha value is -2.32. The van der Waals surface area contributed by atoms with Gasteiger partial charge in [0.15, 0.2) is 18.1 Å². The van der Waals surface area contributed by atoms with Crippen molar-refractivity contribution in [2.45, 2.75) is 17.4 Å². The molecule has 0 saturated carbocycles. The number of amides is 2. The van der Waals surface area contributed by atoms with Gasteiger partial charge in [0, 0.05) is 24.5 Å². The lowest BCUT2D eigenvalue weighted by molar-refractivity contribution is -0.118. The minimum Gasteiger partial charge on any atom is -0.493 e. The number of methoxy groups -OCH3 is 1. The first-order chi connectivity index (χ1) is 14.7. The summed E-state index contributed by atoms with van der Waals surface area (Å²) < 4.78 is 11.6. The molecule has 4 rings (SSSR count). The molecule has 0 atom stereocenters. The maximum absolute atomic E-state index is 12.5. The fourth-order valence-electron chi connectivity index (χ4n) is 3.55. The maximum Gasteiger partial charge on any atom is 0.262 e. The zero-order valence-corrected chi connectivity index (χ0v) is 18.4. The van der Waals surface area contributed by atoms with Gasteiger partial charge in [0.2, 0.25) is 5.91 Å². The Morgan fingerprint density at radius 2 is 1.97 bits per heavy atom. The topological polar surface area (TPSA) is 67.9 Å². The number of thioether (sulfide) groups is 2. The van der Waals surface area contributed by atoms with E-state index in [1.54, 1.807) is 18.1 Å². The molecular formula is C22H24N2O4S2. The van der Waals surface area contributed by atoms with Crippen molar-refractivity contribution in [1.82, 2.24) is 0 Å². The summed E-state index contributed by atoms with van der Waals surface area (Å²) in [6.07, 6.45) is 1.37. The van der Waals surface area contributed by atoms with Gasteiger partial charge >= 0.3 is 0 Å². The zero-order chi connectivity index (χ0) is 20.9. The first-order valence-corrected chi connectivity index (χ1v) is 12.0. The fraction of sp³-hybridized carbons (Fsp3) is 0.364. The number of para-hydroxylation sites is 2. The normalized spacial score (nSPS) is 16.7. The van der Waals surface area contributed by atoms with E-state index in [1.807, 2.05) is 59.9 Å². The first kappa shape index (κ1) is 20.9. The molecule has 6 nitrogen and oxygen atoms in total. The van der Waals surface area contributed by atoms with Crippen LogP contribution in [0.2, 0.25) is 0 Å². The second-order valence-corrected chi connectivity index (χ2v) is 9.71. The number of hydrogen-bond donors (Lipinski definition) is 1. The number of rotatable bonds is 7. The third-order valence-electron chi connectivity index (χ3n) is 4.98. The average molecular weight is 445 g/mol. The van der Waals surface area contributed by atoms with E-state index >= 15 is 0 Å². The van der Waals surface area contributed by atoms with E-state index in [-0.39, 0.29) is 18.4 Å². The largest absolute Gasteiger partial charge is 0.493 e. The summed E-state index contributed by atoms with van der Waals surface area (Å²) in [6.45, 7) is 0.522. The number of carbonyl (C=O) groups excluding carboxylic acids is 2. The van der Waals surface area contributed by atoms with Crippen molar-refractivity contribution in [1.29, 1.82) is 0 Å². The second kappa shape index (κ2) is 9.66. The Balaban J connectivity index is 1.40.